The van der Waals surface area contributed by atoms with Crippen LogP contribution in [0.5, 0.6) is 5.75 Å². The third kappa shape index (κ3) is 4.66. The van der Waals surface area contributed by atoms with E-state index in [0.717, 1.165) is 11.1 Å². The van der Waals surface area contributed by atoms with Crippen molar-refractivity contribution in [3.63, 3.8) is 0 Å². The van der Waals surface area contributed by atoms with Crippen LogP contribution in [0.4, 0.5) is 0 Å². The Hall–Kier alpha value is -2.51. The Labute approximate surface area is 172 Å². The molecule has 0 saturated carbocycles. The molecule has 0 aliphatic carbocycles. The summed E-state index contributed by atoms with van der Waals surface area (Å²) in [6.07, 6.45) is 0. The van der Waals surface area contributed by atoms with Crippen molar-refractivity contribution in [2.75, 3.05) is 0 Å². The predicted molar refractivity (Wildman–Crippen MR) is 111 cm³/mol. The quantitative estimate of drug-likeness (QED) is 0.808. The van der Waals surface area contributed by atoms with Crippen LogP contribution in [0.2, 0.25) is 5.02 Å². The zero-order valence-corrected chi connectivity index (χ0v) is 17.3. The van der Waals surface area contributed by atoms with E-state index in [2.05, 4.69) is 10.4 Å². The Morgan fingerprint density at radius 1 is 1.25 bits per heavy atom. The number of hydrazone groups is 1. The van der Waals surface area contributed by atoms with Crippen LogP contribution in [-0.2, 0) is 16.2 Å². The largest absolute Gasteiger partial charge is 0.488 e. The second kappa shape index (κ2) is 8.67. The Morgan fingerprint density at radius 2 is 2.00 bits per heavy atom. The normalized spacial score (nSPS) is 15.9. The van der Waals surface area contributed by atoms with Gasteiger partial charge in [-0.3, -0.25) is 9.59 Å². The Bertz CT molecular complexity index is 948. The minimum absolute atomic E-state index is 0.248. The maximum absolute atomic E-state index is 12.1. The minimum atomic E-state index is -0.482. The van der Waals surface area contributed by atoms with E-state index >= 15 is 0 Å². The van der Waals surface area contributed by atoms with Crippen molar-refractivity contribution >= 4 is 40.3 Å². The highest BCUT2D eigenvalue weighted by atomic mass is 35.5. The number of thioether (sulfide) groups is 1. The molecule has 3 rings (SSSR count). The second-order valence-corrected chi connectivity index (χ2v) is 7.82. The number of carbonyl (C=O) groups is 2. The topological polar surface area (TPSA) is 71.0 Å². The summed E-state index contributed by atoms with van der Waals surface area (Å²) in [4.78, 5) is 23.5. The number of nitrogens with zero attached hydrogens (tertiary/aromatic N) is 2. The monoisotopic (exact) mass is 417 g/mol. The maximum Gasteiger partial charge on any atom is 0.241 e. The van der Waals surface area contributed by atoms with Gasteiger partial charge in [-0.2, -0.15) is 0 Å². The van der Waals surface area contributed by atoms with E-state index in [1.54, 1.807) is 18.2 Å². The van der Waals surface area contributed by atoms with Gasteiger partial charge in [0.05, 0.1) is 0 Å². The van der Waals surface area contributed by atoms with Crippen LogP contribution in [0.1, 0.15) is 35.9 Å². The SMILES string of the molecule is CC(=O)NC1=NN(C(C)=O)[C@H](c2cc(Cl)ccc2OCc2ccccc2C)S1. The standard InChI is InChI=1S/C20H20ClN3O3S/c1-12-6-4-5-7-15(12)11-27-18-9-8-16(21)10-17(18)19-24(14(3)26)23-20(28-19)22-13(2)25/h4-10,19H,11H2,1-3H3,(H,22,23,25)/t19-/m0/s1. The summed E-state index contributed by atoms with van der Waals surface area (Å²) in [5.41, 5.74) is 2.92. The molecule has 0 radical (unpaired) electrons. The fraction of sp³-hybridized carbons (Fsp3) is 0.250. The number of hydrogen-bond donors (Lipinski definition) is 1. The molecule has 1 aliphatic heterocycles. The molecule has 0 unspecified atom stereocenters. The minimum Gasteiger partial charge on any atom is -0.488 e. The van der Waals surface area contributed by atoms with Crippen molar-refractivity contribution in [1.29, 1.82) is 0 Å². The van der Waals surface area contributed by atoms with Gasteiger partial charge >= 0.3 is 0 Å². The lowest BCUT2D eigenvalue weighted by Gasteiger charge is -2.22. The average Bonchev–Trinajstić information content (AvgIpc) is 3.05. The van der Waals surface area contributed by atoms with E-state index in [9.17, 15) is 9.59 Å². The third-order valence-electron chi connectivity index (χ3n) is 4.13. The fourth-order valence-electron chi connectivity index (χ4n) is 2.74. The molecule has 1 aliphatic rings. The zero-order valence-electron chi connectivity index (χ0n) is 15.7. The number of hydrogen-bond acceptors (Lipinski definition) is 5. The number of aryl methyl sites for hydroxylation is 1. The molecule has 0 saturated heterocycles. The van der Waals surface area contributed by atoms with Crippen molar-refractivity contribution in [1.82, 2.24) is 10.3 Å². The van der Waals surface area contributed by atoms with Crippen LogP contribution in [0.3, 0.4) is 0 Å². The number of benzene rings is 2. The first-order chi connectivity index (χ1) is 13.3. The molecule has 1 heterocycles. The zero-order chi connectivity index (χ0) is 20.3. The average molecular weight is 418 g/mol. The molecular weight excluding hydrogens is 398 g/mol. The highest BCUT2D eigenvalue weighted by Crippen LogP contribution is 2.43. The summed E-state index contributed by atoms with van der Waals surface area (Å²) in [6.45, 7) is 5.23. The second-order valence-electron chi connectivity index (χ2n) is 6.32. The lowest BCUT2D eigenvalue weighted by molar-refractivity contribution is -0.129. The summed E-state index contributed by atoms with van der Waals surface area (Å²) in [5.74, 6) is 0.107. The van der Waals surface area contributed by atoms with E-state index in [-0.39, 0.29) is 11.8 Å². The van der Waals surface area contributed by atoms with Crippen LogP contribution in [0.15, 0.2) is 47.6 Å². The van der Waals surface area contributed by atoms with Crippen molar-refractivity contribution in [2.24, 2.45) is 5.10 Å². The van der Waals surface area contributed by atoms with Gasteiger partial charge in [-0.1, -0.05) is 47.6 Å². The van der Waals surface area contributed by atoms with Gasteiger partial charge in [0.1, 0.15) is 17.7 Å². The lowest BCUT2D eigenvalue weighted by atomic mass is 10.1. The van der Waals surface area contributed by atoms with Gasteiger partial charge in [-0.15, -0.1) is 5.10 Å². The number of nitrogens with one attached hydrogen (secondary N) is 1. The van der Waals surface area contributed by atoms with Gasteiger partial charge in [0.15, 0.2) is 5.17 Å². The van der Waals surface area contributed by atoms with Gasteiger partial charge < -0.3 is 10.1 Å². The van der Waals surface area contributed by atoms with Crippen molar-refractivity contribution in [3.8, 4) is 5.75 Å². The summed E-state index contributed by atoms with van der Waals surface area (Å²) in [7, 11) is 0. The van der Waals surface area contributed by atoms with Crippen LogP contribution in [-0.4, -0.2) is 22.0 Å². The van der Waals surface area contributed by atoms with Gasteiger partial charge in [0, 0.05) is 24.4 Å². The Balaban J connectivity index is 1.88. The Kier molecular flexibility index (Phi) is 6.26. The molecule has 6 nitrogen and oxygen atoms in total. The molecule has 146 valence electrons. The van der Waals surface area contributed by atoms with E-state index < -0.39 is 5.37 Å². The van der Waals surface area contributed by atoms with E-state index in [0.29, 0.717) is 28.1 Å². The first-order valence-electron chi connectivity index (χ1n) is 8.64. The first-order valence-corrected chi connectivity index (χ1v) is 9.90. The van der Waals surface area contributed by atoms with Gasteiger partial charge in [-0.25, -0.2) is 5.01 Å². The summed E-state index contributed by atoms with van der Waals surface area (Å²) in [6, 6.07) is 13.3. The molecule has 2 aromatic carbocycles. The van der Waals surface area contributed by atoms with Crippen LogP contribution in [0, 0.1) is 6.92 Å². The third-order valence-corrected chi connectivity index (χ3v) is 5.45. The number of halogens is 1. The van der Waals surface area contributed by atoms with Gasteiger partial charge in [-0.05, 0) is 36.2 Å². The molecule has 1 atom stereocenters. The van der Waals surface area contributed by atoms with Gasteiger partial charge in [0.2, 0.25) is 11.8 Å². The lowest BCUT2D eigenvalue weighted by Crippen LogP contribution is -2.25. The molecule has 28 heavy (non-hydrogen) atoms. The van der Waals surface area contributed by atoms with Crippen molar-refractivity contribution < 1.29 is 14.3 Å². The van der Waals surface area contributed by atoms with Crippen LogP contribution >= 0.6 is 23.4 Å². The van der Waals surface area contributed by atoms with Crippen LogP contribution in [0.25, 0.3) is 0 Å². The molecule has 0 spiro atoms. The van der Waals surface area contributed by atoms with Gasteiger partial charge in [0.25, 0.3) is 0 Å². The molecule has 8 heteroatoms. The molecule has 2 amide bonds. The van der Waals surface area contributed by atoms with Crippen molar-refractivity contribution in [3.05, 3.63) is 64.2 Å². The highest BCUT2D eigenvalue weighted by molar-refractivity contribution is 8.14. The maximum atomic E-state index is 12.1. The molecular formula is C20H20ClN3O3S. The van der Waals surface area contributed by atoms with E-state index in [1.165, 1.54) is 30.6 Å². The first kappa shape index (κ1) is 20.2. The number of ether oxygens (including phenoxy) is 1. The summed E-state index contributed by atoms with van der Waals surface area (Å²) in [5, 5.41) is 8.58. The molecule has 0 aromatic heterocycles. The molecule has 2 aromatic rings. The van der Waals surface area contributed by atoms with E-state index in [1.807, 2.05) is 31.2 Å². The highest BCUT2D eigenvalue weighted by Gasteiger charge is 2.34. The summed E-state index contributed by atoms with van der Waals surface area (Å²) >= 11 is 7.47. The number of amidine groups is 1. The molecule has 1 N–H and O–H groups in total. The molecule has 0 bridgehead atoms. The molecule has 0 fully saturated rings. The van der Waals surface area contributed by atoms with E-state index in [4.69, 9.17) is 16.3 Å². The number of amides is 2. The fourth-order valence-corrected chi connectivity index (χ4v) is 4.07. The predicted octanol–water partition coefficient (Wildman–Crippen LogP) is 4.23. The summed E-state index contributed by atoms with van der Waals surface area (Å²) < 4.78 is 6.07. The Morgan fingerprint density at radius 3 is 2.68 bits per heavy atom. The number of carbonyl (C=O) groups excluding carboxylic acids is 2. The van der Waals surface area contributed by atoms with Crippen molar-refractivity contribution in [2.45, 2.75) is 32.8 Å². The smallest absolute Gasteiger partial charge is 0.241 e. The van der Waals surface area contributed by atoms with Crippen LogP contribution < -0.4 is 10.1 Å². The number of rotatable bonds is 4.